The second-order valence-corrected chi connectivity index (χ2v) is 9.07. The summed E-state index contributed by atoms with van der Waals surface area (Å²) in [7, 11) is 0. The molecule has 2 amide bonds. The van der Waals surface area contributed by atoms with Crippen molar-refractivity contribution in [3.63, 3.8) is 0 Å². The van der Waals surface area contributed by atoms with Crippen LogP contribution in [-0.2, 0) is 16.1 Å². The van der Waals surface area contributed by atoms with Crippen molar-refractivity contribution in [2.45, 2.75) is 6.54 Å². The van der Waals surface area contributed by atoms with Crippen LogP contribution >= 0.6 is 23.4 Å². The van der Waals surface area contributed by atoms with Gasteiger partial charge in [-0.05, 0) is 60.3 Å². The Hall–Kier alpha value is -3.81. The number of rotatable bonds is 5. The van der Waals surface area contributed by atoms with Crippen molar-refractivity contribution in [2.75, 3.05) is 5.32 Å². The molecule has 6 nitrogen and oxygen atoms in total. The van der Waals surface area contributed by atoms with E-state index >= 15 is 0 Å². The zero-order valence-corrected chi connectivity index (χ0v) is 19.4. The van der Waals surface area contributed by atoms with Crippen LogP contribution in [0, 0.1) is 0 Å². The van der Waals surface area contributed by atoms with Gasteiger partial charge < -0.3 is 15.2 Å². The molecule has 2 heterocycles. The van der Waals surface area contributed by atoms with E-state index in [2.05, 4.69) is 15.6 Å². The Bertz CT molecular complexity index is 1440. The molecule has 34 heavy (non-hydrogen) atoms. The number of thioether (sulfide) groups is 1. The Labute approximate surface area is 205 Å². The molecule has 168 valence electrons. The Morgan fingerprint density at radius 3 is 2.56 bits per heavy atom. The van der Waals surface area contributed by atoms with Crippen LogP contribution in [0.3, 0.4) is 0 Å². The number of para-hydroxylation sites is 2. The van der Waals surface area contributed by atoms with Gasteiger partial charge in [0.05, 0.1) is 10.6 Å². The van der Waals surface area contributed by atoms with Gasteiger partial charge in [0.25, 0.3) is 5.91 Å². The first-order valence-corrected chi connectivity index (χ1v) is 11.7. The first-order valence-electron chi connectivity index (χ1n) is 10.5. The molecule has 1 aliphatic rings. The summed E-state index contributed by atoms with van der Waals surface area (Å²) in [6.45, 7) is 0.154. The summed E-state index contributed by atoms with van der Waals surface area (Å²) in [5.74, 6) is -0.340. The fourth-order valence-corrected chi connectivity index (χ4v) is 4.61. The number of nitrogens with one attached hydrogen (secondary N) is 2. The molecule has 1 fully saturated rings. The number of hydrogen-bond acceptors (Lipinski definition) is 4. The molecular formula is C26H19ClN4O2S. The first kappa shape index (κ1) is 22.0. The van der Waals surface area contributed by atoms with Crippen molar-refractivity contribution in [1.29, 1.82) is 0 Å². The number of aromatic nitrogens is 1. The van der Waals surface area contributed by atoms with Gasteiger partial charge in [0.15, 0.2) is 5.17 Å². The summed E-state index contributed by atoms with van der Waals surface area (Å²) in [5.41, 5.74) is 3.22. The van der Waals surface area contributed by atoms with Gasteiger partial charge in [0.1, 0.15) is 6.54 Å². The summed E-state index contributed by atoms with van der Waals surface area (Å²) in [5, 5.41) is 7.80. The minimum absolute atomic E-state index is 0.128. The zero-order valence-electron chi connectivity index (χ0n) is 17.9. The maximum absolute atomic E-state index is 12.6. The van der Waals surface area contributed by atoms with Crippen LogP contribution in [0.4, 0.5) is 11.4 Å². The van der Waals surface area contributed by atoms with E-state index in [9.17, 15) is 9.59 Å². The summed E-state index contributed by atoms with van der Waals surface area (Å²) in [6, 6.07) is 24.2. The second-order valence-electron chi connectivity index (χ2n) is 7.60. The number of benzene rings is 3. The average Bonchev–Trinajstić information content (AvgIpc) is 3.36. The predicted molar refractivity (Wildman–Crippen MR) is 139 cm³/mol. The van der Waals surface area contributed by atoms with Gasteiger partial charge in [-0.3, -0.25) is 9.59 Å². The molecule has 1 aliphatic heterocycles. The fraction of sp³-hybridized carbons (Fsp3) is 0.0385. The van der Waals surface area contributed by atoms with Gasteiger partial charge in [-0.15, -0.1) is 0 Å². The summed E-state index contributed by atoms with van der Waals surface area (Å²) >= 11 is 7.20. The normalized spacial score (nSPS) is 15.7. The van der Waals surface area contributed by atoms with Crippen molar-refractivity contribution in [3.05, 3.63) is 101 Å². The zero-order chi connectivity index (χ0) is 23.5. The number of nitrogens with zero attached hydrogens (tertiary/aromatic N) is 2. The number of anilines is 1. The topological polar surface area (TPSA) is 75.5 Å². The molecule has 0 atom stereocenters. The van der Waals surface area contributed by atoms with Crippen LogP contribution < -0.4 is 10.6 Å². The van der Waals surface area contributed by atoms with Crippen LogP contribution in [-0.4, -0.2) is 21.5 Å². The van der Waals surface area contributed by atoms with Gasteiger partial charge in [0.2, 0.25) is 5.91 Å². The average molecular weight is 487 g/mol. The van der Waals surface area contributed by atoms with E-state index in [4.69, 9.17) is 11.6 Å². The highest BCUT2D eigenvalue weighted by atomic mass is 35.5. The van der Waals surface area contributed by atoms with E-state index in [0.717, 1.165) is 22.2 Å². The number of amides is 2. The van der Waals surface area contributed by atoms with Crippen LogP contribution in [0.2, 0.25) is 5.02 Å². The molecular weight excluding hydrogens is 468 g/mol. The lowest BCUT2D eigenvalue weighted by Gasteiger charge is -2.07. The number of carbonyl (C=O) groups excluding carboxylic acids is 2. The monoisotopic (exact) mass is 486 g/mol. The van der Waals surface area contributed by atoms with E-state index in [1.165, 1.54) is 11.8 Å². The molecule has 4 aromatic rings. The number of aliphatic imine (C=N–C) groups is 1. The molecule has 0 radical (unpaired) electrons. The lowest BCUT2D eigenvalue weighted by atomic mass is 10.1. The van der Waals surface area contributed by atoms with E-state index in [0.29, 0.717) is 20.8 Å². The summed E-state index contributed by atoms with van der Waals surface area (Å²) < 4.78 is 1.89. The number of halogens is 1. The molecule has 8 heteroatoms. The third kappa shape index (κ3) is 4.90. The molecule has 1 saturated heterocycles. The maximum atomic E-state index is 12.6. The maximum Gasteiger partial charge on any atom is 0.264 e. The van der Waals surface area contributed by atoms with Crippen LogP contribution in [0.15, 0.2) is 95.0 Å². The number of hydrogen-bond donors (Lipinski definition) is 2. The van der Waals surface area contributed by atoms with E-state index in [-0.39, 0.29) is 18.4 Å². The van der Waals surface area contributed by atoms with Crippen LogP contribution in [0.5, 0.6) is 0 Å². The van der Waals surface area contributed by atoms with Gasteiger partial charge in [-0.2, -0.15) is 0 Å². The van der Waals surface area contributed by atoms with E-state index in [1.54, 1.807) is 24.3 Å². The molecule has 5 rings (SSSR count). The van der Waals surface area contributed by atoms with Crippen molar-refractivity contribution in [1.82, 2.24) is 9.88 Å². The minimum atomic E-state index is -0.212. The molecule has 0 aliphatic carbocycles. The second kappa shape index (κ2) is 9.59. The van der Waals surface area contributed by atoms with Gasteiger partial charge >= 0.3 is 0 Å². The number of fused-ring (bicyclic) bond motifs is 1. The molecule has 0 unspecified atom stereocenters. The van der Waals surface area contributed by atoms with Crippen molar-refractivity contribution >= 4 is 68.7 Å². The first-order chi connectivity index (χ1) is 16.5. The molecule has 1 aromatic heterocycles. The standard InChI is InChI=1S/C26H19ClN4O2S/c27-18-10-12-20(13-11-18)29-26-30-25(33)23(34-26)14-17-15-31(22-9-5-4-8-21(17)22)16-24(32)28-19-6-2-1-3-7-19/h1-15H,16H2,(H,28,32)(H,29,30,33)/b23-14+. The minimum Gasteiger partial charge on any atom is -0.337 e. The van der Waals surface area contributed by atoms with Crippen LogP contribution in [0.25, 0.3) is 17.0 Å². The molecule has 0 bridgehead atoms. The van der Waals surface area contributed by atoms with Gasteiger partial charge in [-0.25, -0.2) is 4.99 Å². The van der Waals surface area contributed by atoms with Crippen molar-refractivity contribution in [3.8, 4) is 0 Å². The lowest BCUT2D eigenvalue weighted by molar-refractivity contribution is -0.117. The molecule has 0 saturated carbocycles. The highest BCUT2D eigenvalue weighted by Gasteiger charge is 2.24. The number of amidine groups is 1. The third-order valence-electron chi connectivity index (χ3n) is 5.19. The quantitative estimate of drug-likeness (QED) is 0.349. The van der Waals surface area contributed by atoms with Gasteiger partial charge in [0, 0.05) is 33.4 Å². The molecule has 2 N–H and O–H groups in total. The Morgan fingerprint density at radius 1 is 1.03 bits per heavy atom. The number of carbonyl (C=O) groups is 2. The highest BCUT2D eigenvalue weighted by molar-refractivity contribution is 8.18. The third-order valence-corrected chi connectivity index (χ3v) is 6.35. The smallest absolute Gasteiger partial charge is 0.264 e. The van der Waals surface area contributed by atoms with E-state index in [1.807, 2.05) is 71.4 Å². The van der Waals surface area contributed by atoms with Crippen molar-refractivity contribution in [2.24, 2.45) is 4.99 Å². The van der Waals surface area contributed by atoms with Gasteiger partial charge in [-0.1, -0.05) is 48.0 Å². The Kier molecular flexibility index (Phi) is 6.20. The Morgan fingerprint density at radius 2 is 1.76 bits per heavy atom. The van der Waals surface area contributed by atoms with Crippen molar-refractivity contribution < 1.29 is 9.59 Å². The highest BCUT2D eigenvalue weighted by Crippen LogP contribution is 2.31. The summed E-state index contributed by atoms with van der Waals surface area (Å²) in [6.07, 6.45) is 3.72. The lowest BCUT2D eigenvalue weighted by Crippen LogP contribution is -2.19. The Balaban J connectivity index is 1.40. The summed E-state index contributed by atoms with van der Waals surface area (Å²) in [4.78, 5) is 30.2. The van der Waals surface area contributed by atoms with Crippen LogP contribution in [0.1, 0.15) is 5.56 Å². The predicted octanol–water partition coefficient (Wildman–Crippen LogP) is 5.83. The largest absolute Gasteiger partial charge is 0.337 e. The fourth-order valence-electron chi connectivity index (χ4n) is 3.65. The SMILES string of the molecule is O=C(Cn1cc(/C=C2/SC(=Nc3ccc(Cl)cc3)NC2=O)c2ccccc21)Nc1ccccc1. The molecule has 0 spiro atoms. The van der Waals surface area contributed by atoms with E-state index < -0.39 is 0 Å². The molecule has 3 aromatic carbocycles.